The highest BCUT2D eigenvalue weighted by Crippen LogP contribution is 2.20. The number of nitrogens with one attached hydrogen (secondary N) is 1. The molecule has 0 saturated carbocycles. The maximum absolute atomic E-state index is 12.7. The Bertz CT molecular complexity index is 663. The number of hydrogen-bond acceptors (Lipinski definition) is 4. The third kappa shape index (κ3) is 5.30. The Kier molecular flexibility index (Phi) is 6.85. The lowest BCUT2D eigenvalue weighted by Gasteiger charge is -2.32. The number of ether oxygens (including phenoxy) is 1. The molecule has 2 aliphatic heterocycles. The van der Waals surface area contributed by atoms with E-state index in [2.05, 4.69) is 10.2 Å². The number of piperidine rings is 1. The first-order valence-corrected chi connectivity index (χ1v) is 9.99. The van der Waals surface area contributed by atoms with E-state index >= 15 is 0 Å². The van der Waals surface area contributed by atoms with Gasteiger partial charge in [0, 0.05) is 50.7 Å². The maximum atomic E-state index is 12.7. The van der Waals surface area contributed by atoms with Crippen LogP contribution in [-0.4, -0.2) is 74.1 Å². The Balaban J connectivity index is 1.41. The molecule has 2 amide bonds. The number of carbonyl (C=O) groups is 2. The van der Waals surface area contributed by atoms with Gasteiger partial charge in [-0.05, 0) is 49.9 Å². The van der Waals surface area contributed by atoms with Crippen LogP contribution in [0.15, 0.2) is 18.2 Å². The molecule has 2 saturated heterocycles. The van der Waals surface area contributed by atoms with Crippen LogP contribution in [0.5, 0.6) is 0 Å². The molecule has 0 spiro atoms. The monoisotopic (exact) mass is 373 g/mol. The molecule has 1 aromatic carbocycles. The number of carbonyl (C=O) groups excluding carboxylic acids is 2. The molecule has 3 rings (SSSR count). The minimum absolute atomic E-state index is 0.0125. The topological polar surface area (TPSA) is 61.9 Å². The van der Waals surface area contributed by atoms with Crippen molar-refractivity contribution >= 4 is 11.8 Å². The van der Waals surface area contributed by atoms with Crippen LogP contribution in [0, 0.1) is 19.8 Å². The van der Waals surface area contributed by atoms with Crippen molar-refractivity contribution < 1.29 is 14.3 Å². The standard InChI is InChI=1S/C21H31N3O3/c1-16-3-4-19(15-17(16)2)21(26)24-8-5-18(6-9-24)20(25)22-7-10-23-11-13-27-14-12-23/h3-4,15,18H,5-14H2,1-2H3,(H,22,25). The lowest BCUT2D eigenvalue weighted by Crippen LogP contribution is -2.45. The quantitative estimate of drug-likeness (QED) is 0.852. The Morgan fingerprint density at radius 2 is 1.78 bits per heavy atom. The van der Waals surface area contributed by atoms with Crippen molar-refractivity contribution in [3.05, 3.63) is 34.9 Å². The number of aryl methyl sites for hydroxylation is 2. The lowest BCUT2D eigenvalue weighted by molar-refractivity contribution is -0.126. The predicted octanol–water partition coefficient (Wildman–Crippen LogP) is 1.60. The fourth-order valence-electron chi connectivity index (χ4n) is 3.71. The SMILES string of the molecule is Cc1ccc(C(=O)N2CCC(C(=O)NCCN3CCOCC3)CC2)cc1C. The molecule has 0 unspecified atom stereocenters. The zero-order chi connectivity index (χ0) is 19.2. The Hall–Kier alpha value is -1.92. The van der Waals surface area contributed by atoms with Gasteiger partial charge in [-0.25, -0.2) is 0 Å². The molecule has 1 N–H and O–H groups in total. The fourth-order valence-corrected chi connectivity index (χ4v) is 3.71. The van der Waals surface area contributed by atoms with E-state index in [1.165, 1.54) is 5.56 Å². The highest BCUT2D eigenvalue weighted by atomic mass is 16.5. The number of rotatable bonds is 5. The molecule has 2 aliphatic rings. The van der Waals surface area contributed by atoms with Gasteiger partial charge in [0.05, 0.1) is 13.2 Å². The first-order chi connectivity index (χ1) is 13.0. The van der Waals surface area contributed by atoms with Crippen molar-refractivity contribution in [2.75, 3.05) is 52.5 Å². The van der Waals surface area contributed by atoms with Crippen LogP contribution < -0.4 is 5.32 Å². The highest BCUT2D eigenvalue weighted by Gasteiger charge is 2.27. The summed E-state index contributed by atoms with van der Waals surface area (Å²) in [4.78, 5) is 29.3. The molecule has 0 atom stereocenters. The van der Waals surface area contributed by atoms with Crippen LogP contribution in [0.2, 0.25) is 0 Å². The molecule has 2 heterocycles. The molecule has 0 aromatic heterocycles. The average Bonchev–Trinajstić information content (AvgIpc) is 2.70. The van der Waals surface area contributed by atoms with Gasteiger partial charge in [-0.2, -0.15) is 0 Å². The Morgan fingerprint density at radius 3 is 2.44 bits per heavy atom. The van der Waals surface area contributed by atoms with Crippen molar-refractivity contribution in [1.29, 1.82) is 0 Å². The van der Waals surface area contributed by atoms with E-state index in [0.29, 0.717) is 19.6 Å². The van der Waals surface area contributed by atoms with Crippen molar-refractivity contribution in [3.8, 4) is 0 Å². The van der Waals surface area contributed by atoms with Crippen LogP contribution in [-0.2, 0) is 9.53 Å². The predicted molar refractivity (Wildman–Crippen MR) is 105 cm³/mol. The third-order valence-electron chi connectivity index (χ3n) is 5.74. The molecular formula is C21H31N3O3. The zero-order valence-corrected chi connectivity index (χ0v) is 16.5. The highest BCUT2D eigenvalue weighted by molar-refractivity contribution is 5.94. The molecule has 148 valence electrons. The molecular weight excluding hydrogens is 342 g/mol. The van der Waals surface area contributed by atoms with Gasteiger partial charge in [-0.1, -0.05) is 6.07 Å². The van der Waals surface area contributed by atoms with Crippen LogP contribution in [0.1, 0.15) is 34.3 Å². The lowest BCUT2D eigenvalue weighted by atomic mass is 9.95. The summed E-state index contributed by atoms with van der Waals surface area (Å²) in [6, 6.07) is 5.86. The van der Waals surface area contributed by atoms with Gasteiger partial charge in [-0.3, -0.25) is 14.5 Å². The minimum atomic E-state index is 0.0125. The summed E-state index contributed by atoms with van der Waals surface area (Å²) >= 11 is 0. The van der Waals surface area contributed by atoms with E-state index in [9.17, 15) is 9.59 Å². The van der Waals surface area contributed by atoms with Crippen LogP contribution in [0.3, 0.4) is 0 Å². The van der Waals surface area contributed by atoms with Gasteiger partial charge in [0.25, 0.3) is 5.91 Å². The molecule has 27 heavy (non-hydrogen) atoms. The van der Waals surface area contributed by atoms with E-state index in [1.807, 2.05) is 36.9 Å². The molecule has 1 aromatic rings. The summed E-state index contributed by atoms with van der Waals surface area (Å²) in [6.07, 6.45) is 1.47. The van der Waals surface area contributed by atoms with Gasteiger partial charge in [0.15, 0.2) is 0 Å². The van der Waals surface area contributed by atoms with Gasteiger partial charge in [0.1, 0.15) is 0 Å². The van der Waals surface area contributed by atoms with Crippen molar-refractivity contribution in [2.45, 2.75) is 26.7 Å². The molecule has 6 heteroatoms. The van der Waals surface area contributed by atoms with Gasteiger partial charge >= 0.3 is 0 Å². The van der Waals surface area contributed by atoms with Gasteiger partial charge in [0.2, 0.25) is 5.91 Å². The third-order valence-corrected chi connectivity index (χ3v) is 5.74. The summed E-state index contributed by atoms with van der Waals surface area (Å²) in [5.74, 6) is 0.212. The fraction of sp³-hybridized carbons (Fsp3) is 0.619. The van der Waals surface area contributed by atoms with Crippen molar-refractivity contribution in [1.82, 2.24) is 15.1 Å². The van der Waals surface area contributed by atoms with E-state index < -0.39 is 0 Å². The molecule has 2 fully saturated rings. The van der Waals surface area contributed by atoms with Gasteiger partial charge in [-0.15, -0.1) is 0 Å². The summed E-state index contributed by atoms with van der Waals surface area (Å²) in [5, 5.41) is 3.06. The maximum Gasteiger partial charge on any atom is 0.253 e. The molecule has 0 radical (unpaired) electrons. The normalized spacial score (nSPS) is 19.1. The van der Waals surface area contributed by atoms with Crippen LogP contribution >= 0.6 is 0 Å². The van der Waals surface area contributed by atoms with E-state index in [0.717, 1.165) is 56.8 Å². The summed E-state index contributed by atoms with van der Waals surface area (Å²) in [7, 11) is 0. The largest absolute Gasteiger partial charge is 0.379 e. The van der Waals surface area contributed by atoms with Crippen molar-refractivity contribution in [3.63, 3.8) is 0 Å². The second-order valence-electron chi connectivity index (χ2n) is 7.61. The number of likely N-dealkylation sites (tertiary alicyclic amines) is 1. The van der Waals surface area contributed by atoms with Gasteiger partial charge < -0.3 is 15.0 Å². The first kappa shape index (κ1) is 19.8. The number of amides is 2. The van der Waals surface area contributed by atoms with E-state index in [1.54, 1.807) is 0 Å². The number of benzene rings is 1. The molecule has 0 bridgehead atoms. The Morgan fingerprint density at radius 1 is 1.07 bits per heavy atom. The first-order valence-electron chi connectivity index (χ1n) is 9.99. The summed E-state index contributed by atoms with van der Waals surface area (Å²) < 4.78 is 5.33. The summed E-state index contributed by atoms with van der Waals surface area (Å²) in [5.41, 5.74) is 3.07. The number of morpholine rings is 1. The minimum Gasteiger partial charge on any atom is -0.379 e. The summed E-state index contributed by atoms with van der Waals surface area (Å²) in [6.45, 7) is 10.4. The van der Waals surface area contributed by atoms with E-state index in [4.69, 9.17) is 4.74 Å². The number of hydrogen-bond donors (Lipinski definition) is 1. The smallest absolute Gasteiger partial charge is 0.253 e. The number of nitrogens with zero attached hydrogens (tertiary/aromatic N) is 2. The Labute approximate surface area is 161 Å². The molecule has 6 nitrogen and oxygen atoms in total. The second-order valence-corrected chi connectivity index (χ2v) is 7.61. The van der Waals surface area contributed by atoms with Crippen LogP contribution in [0.25, 0.3) is 0 Å². The van der Waals surface area contributed by atoms with Crippen molar-refractivity contribution in [2.24, 2.45) is 5.92 Å². The molecule has 0 aliphatic carbocycles. The second kappa shape index (κ2) is 9.33. The van der Waals surface area contributed by atoms with Crippen LogP contribution in [0.4, 0.5) is 0 Å². The zero-order valence-electron chi connectivity index (χ0n) is 16.5. The average molecular weight is 373 g/mol. The van der Waals surface area contributed by atoms with E-state index in [-0.39, 0.29) is 17.7 Å².